The van der Waals surface area contributed by atoms with E-state index in [0.29, 0.717) is 48.9 Å². The molecule has 1 aliphatic carbocycles. The van der Waals surface area contributed by atoms with Gasteiger partial charge < -0.3 is 24.1 Å². The number of piperidine rings is 1. The zero-order valence-corrected chi connectivity index (χ0v) is 16.2. The highest BCUT2D eigenvalue weighted by atomic mass is 16.6. The topological polar surface area (TPSA) is 93.9 Å². The van der Waals surface area contributed by atoms with E-state index in [2.05, 4.69) is 10.3 Å². The molecule has 3 fully saturated rings. The molecule has 1 N–H and O–H groups in total. The Labute approximate surface area is 168 Å². The van der Waals surface area contributed by atoms with Crippen molar-refractivity contribution >= 4 is 23.0 Å². The summed E-state index contributed by atoms with van der Waals surface area (Å²) in [5.74, 6) is 1.75. The van der Waals surface area contributed by atoms with Crippen molar-refractivity contribution in [3.63, 3.8) is 0 Å². The molecule has 0 spiro atoms. The SMILES string of the molecule is O=C(NCCC1C2CN(C(=O)OC3CCOCC3)CC12)c1cc2ccncc2o1. The van der Waals surface area contributed by atoms with E-state index in [9.17, 15) is 9.59 Å². The maximum Gasteiger partial charge on any atom is 0.410 e. The molecule has 8 nitrogen and oxygen atoms in total. The van der Waals surface area contributed by atoms with Crippen LogP contribution in [0.1, 0.15) is 29.8 Å². The molecule has 5 rings (SSSR count). The second-order valence-corrected chi connectivity index (χ2v) is 8.16. The molecule has 2 atom stereocenters. The number of aromatic nitrogens is 1. The first kappa shape index (κ1) is 18.4. The normalized spacial score (nSPS) is 26.3. The quantitative estimate of drug-likeness (QED) is 0.830. The number of amides is 2. The average molecular weight is 399 g/mol. The maximum atomic E-state index is 12.3. The Kier molecular flexibility index (Phi) is 4.87. The van der Waals surface area contributed by atoms with Gasteiger partial charge >= 0.3 is 6.09 Å². The molecule has 4 heterocycles. The van der Waals surface area contributed by atoms with Crippen molar-refractivity contribution in [2.45, 2.75) is 25.4 Å². The number of likely N-dealkylation sites (tertiary alicyclic amines) is 1. The Hall–Kier alpha value is -2.61. The molecule has 1 saturated carbocycles. The minimum absolute atomic E-state index is 0.00628. The molecule has 8 heteroatoms. The van der Waals surface area contributed by atoms with E-state index in [0.717, 1.165) is 37.7 Å². The summed E-state index contributed by atoms with van der Waals surface area (Å²) in [4.78, 5) is 30.4. The van der Waals surface area contributed by atoms with Gasteiger partial charge in [0.05, 0.1) is 19.4 Å². The zero-order valence-electron chi connectivity index (χ0n) is 16.2. The monoisotopic (exact) mass is 399 g/mol. The summed E-state index contributed by atoms with van der Waals surface area (Å²) in [5, 5.41) is 3.81. The minimum atomic E-state index is -0.200. The van der Waals surface area contributed by atoms with E-state index in [1.165, 1.54) is 0 Å². The lowest BCUT2D eigenvalue weighted by Gasteiger charge is -2.26. The number of hydrogen-bond acceptors (Lipinski definition) is 6. The van der Waals surface area contributed by atoms with Crippen LogP contribution in [0, 0.1) is 17.8 Å². The first-order valence-electron chi connectivity index (χ1n) is 10.3. The van der Waals surface area contributed by atoms with Gasteiger partial charge in [-0.15, -0.1) is 0 Å². The first-order valence-corrected chi connectivity index (χ1v) is 10.3. The molecule has 2 unspecified atom stereocenters. The highest BCUT2D eigenvalue weighted by molar-refractivity contribution is 5.95. The van der Waals surface area contributed by atoms with Crippen LogP contribution in [0.3, 0.4) is 0 Å². The molecule has 2 saturated heterocycles. The fourth-order valence-corrected chi connectivity index (χ4v) is 4.67. The Morgan fingerprint density at radius 3 is 2.79 bits per heavy atom. The van der Waals surface area contributed by atoms with Crippen molar-refractivity contribution in [3.8, 4) is 0 Å². The standard InChI is InChI=1S/C21H25N3O5/c25-20(18-9-13-1-5-22-10-19(13)29-18)23-6-2-15-16-11-24(12-17(15)16)21(26)28-14-3-7-27-8-4-14/h1,5,9-10,14-17H,2-4,6-8,11-12H2,(H,23,25). The summed E-state index contributed by atoms with van der Waals surface area (Å²) < 4.78 is 16.4. The van der Waals surface area contributed by atoms with Crippen LogP contribution >= 0.6 is 0 Å². The number of nitrogens with zero attached hydrogens (tertiary/aromatic N) is 2. The highest BCUT2D eigenvalue weighted by Gasteiger charge is 2.56. The molecule has 154 valence electrons. The number of fused-ring (bicyclic) bond motifs is 2. The van der Waals surface area contributed by atoms with Gasteiger partial charge in [-0.05, 0) is 36.3 Å². The summed E-state index contributed by atoms with van der Waals surface area (Å²) in [7, 11) is 0. The molecular formula is C21H25N3O5. The Bertz CT molecular complexity index is 862. The summed E-state index contributed by atoms with van der Waals surface area (Å²) >= 11 is 0. The zero-order chi connectivity index (χ0) is 19.8. The second-order valence-electron chi connectivity index (χ2n) is 8.16. The molecular weight excluding hydrogens is 374 g/mol. The predicted octanol–water partition coefficient (Wildman–Crippen LogP) is 2.44. The lowest BCUT2D eigenvalue weighted by atomic mass is 10.1. The van der Waals surface area contributed by atoms with Crippen molar-refractivity contribution in [2.24, 2.45) is 17.8 Å². The first-order chi connectivity index (χ1) is 14.2. The minimum Gasteiger partial charge on any atom is -0.449 e. The van der Waals surface area contributed by atoms with Gasteiger partial charge in [-0.2, -0.15) is 0 Å². The molecule has 2 amide bonds. The number of furan rings is 1. The highest BCUT2D eigenvalue weighted by Crippen LogP contribution is 2.53. The van der Waals surface area contributed by atoms with Gasteiger partial charge in [-0.25, -0.2) is 4.79 Å². The van der Waals surface area contributed by atoms with Gasteiger partial charge in [-0.3, -0.25) is 9.78 Å². The van der Waals surface area contributed by atoms with Gasteiger partial charge in [0.15, 0.2) is 11.3 Å². The fourth-order valence-electron chi connectivity index (χ4n) is 4.67. The Morgan fingerprint density at radius 1 is 1.24 bits per heavy atom. The molecule has 2 aromatic rings. The molecule has 2 aromatic heterocycles. The molecule has 0 aromatic carbocycles. The molecule has 0 radical (unpaired) electrons. The van der Waals surface area contributed by atoms with Crippen molar-refractivity contribution in [1.82, 2.24) is 15.2 Å². The molecule has 0 bridgehead atoms. The van der Waals surface area contributed by atoms with Gasteiger partial charge in [0.25, 0.3) is 5.91 Å². The van der Waals surface area contributed by atoms with E-state index < -0.39 is 0 Å². The summed E-state index contributed by atoms with van der Waals surface area (Å²) in [6.45, 7) is 3.48. The number of nitrogens with one attached hydrogen (secondary N) is 1. The summed E-state index contributed by atoms with van der Waals surface area (Å²) in [5.41, 5.74) is 0.613. The number of carbonyl (C=O) groups excluding carboxylic acids is 2. The maximum absolute atomic E-state index is 12.3. The summed E-state index contributed by atoms with van der Waals surface area (Å²) in [6.07, 6.45) is 5.59. The van der Waals surface area contributed by atoms with E-state index in [4.69, 9.17) is 13.9 Å². The van der Waals surface area contributed by atoms with Crippen LogP contribution in [0.5, 0.6) is 0 Å². The predicted molar refractivity (Wildman–Crippen MR) is 103 cm³/mol. The van der Waals surface area contributed by atoms with E-state index >= 15 is 0 Å². The van der Waals surface area contributed by atoms with Gasteiger partial charge in [-0.1, -0.05) is 0 Å². The smallest absolute Gasteiger partial charge is 0.410 e. The summed E-state index contributed by atoms with van der Waals surface area (Å²) in [6, 6.07) is 3.56. The number of hydrogen-bond donors (Lipinski definition) is 1. The number of pyridine rings is 1. The average Bonchev–Trinajstić information content (AvgIpc) is 3.11. The van der Waals surface area contributed by atoms with Crippen LogP contribution in [0.15, 0.2) is 28.9 Å². The number of rotatable bonds is 5. The Morgan fingerprint density at radius 2 is 2.03 bits per heavy atom. The van der Waals surface area contributed by atoms with E-state index in [1.54, 1.807) is 18.5 Å². The largest absolute Gasteiger partial charge is 0.449 e. The lowest BCUT2D eigenvalue weighted by molar-refractivity contribution is -0.00949. The fraction of sp³-hybridized carbons (Fsp3) is 0.571. The second kappa shape index (κ2) is 7.67. The van der Waals surface area contributed by atoms with Crippen LogP contribution in [-0.2, 0) is 9.47 Å². The van der Waals surface area contributed by atoms with Crippen molar-refractivity contribution in [3.05, 3.63) is 30.3 Å². The van der Waals surface area contributed by atoms with Crippen LogP contribution in [0.4, 0.5) is 4.79 Å². The van der Waals surface area contributed by atoms with Crippen LogP contribution in [-0.4, -0.2) is 60.8 Å². The van der Waals surface area contributed by atoms with Gasteiger partial charge in [0, 0.05) is 44.1 Å². The molecule has 3 aliphatic rings. The number of ether oxygens (including phenoxy) is 2. The van der Waals surface area contributed by atoms with Crippen LogP contribution < -0.4 is 5.32 Å². The van der Waals surface area contributed by atoms with E-state index in [-0.39, 0.29) is 18.1 Å². The third-order valence-corrected chi connectivity index (χ3v) is 6.38. The van der Waals surface area contributed by atoms with Crippen LogP contribution in [0.25, 0.3) is 11.0 Å². The third kappa shape index (κ3) is 3.81. The van der Waals surface area contributed by atoms with Crippen molar-refractivity contribution < 1.29 is 23.5 Å². The lowest BCUT2D eigenvalue weighted by Crippen LogP contribution is -2.36. The van der Waals surface area contributed by atoms with E-state index in [1.807, 2.05) is 11.0 Å². The van der Waals surface area contributed by atoms with Gasteiger partial charge in [0.2, 0.25) is 0 Å². The molecule has 29 heavy (non-hydrogen) atoms. The van der Waals surface area contributed by atoms with Crippen molar-refractivity contribution in [2.75, 3.05) is 32.8 Å². The van der Waals surface area contributed by atoms with Crippen LogP contribution in [0.2, 0.25) is 0 Å². The Balaban J connectivity index is 1.04. The van der Waals surface area contributed by atoms with Crippen molar-refractivity contribution in [1.29, 1.82) is 0 Å². The molecule has 2 aliphatic heterocycles. The number of carbonyl (C=O) groups is 2. The van der Waals surface area contributed by atoms with Gasteiger partial charge in [0.1, 0.15) is 6.10 Å². The third-order valence-electron chi connectivity index (χ3n) is 6.38.